The minimum Gasteiger partial charge on any atom is -0.300 e. The molecular weight excluding hydrogens is 239 g/mol. The third kappa shape index (κ3) is 4.92. The molecule has 0 atom stereocenters. The van der Waals surface area contributed by atoms with Gasteiger partial charge >= 0.3 is 0 Å². The number of hydrogen-bond donors (Lipinski definition) is 0. The van der Waals surface area contributed by atoms with Crippen LogP contribution in [0.1, 0.15) is 26.3 Å². The Kier molecular flexibility index (Phi) is 4.58. The minimum atomic E-state index is -0.154. The van der Waals surface area contributed by atoms with Gasteiger partial charge in [0.2, 0.25) is 0 Å². The summed E-state index contributed by atoms with van der Waals surface area (Å²) in [6, 6.07) is 6.87. The summed E-state index contributed by atoms with van der Waals surface area (Å²) in [5.41, 5.74) is 1.57. The van der Waals surface area contributed by atoms with Gasteiger partial charge in [0.05, 0.1) is 0 Å². The fourth-order valence-electron chi connectivity index (χ4n) is 2.62. The first-order chi connectivity index (χ1) is 8.92. The lowest BCUT2D eigenvalue weighted by molar-refractivity contribution is 0.0983. The van der Waals surface area contributed by atoms with E-state index >= 15 is 0 Å². The maximum Gasteiger partial charge on any atom is 0.123 e. The molecule has 3 heteroatoms. The van der Waals surface area contributed by atoms with Crippen molar-refractivity contribution in [1.82, 2.24) is 9.80 Å². The van der Waals surface area contributed by atoms with Gasteiger partial charge in [-0.1, -0.05) is 32.9 Å². The van der Waals surface area contributed by atoms with Crippen LogP contribution >= 0.6 is 0 Å². The lowest BCUT2D eigenvalue weighted by Crippen LogP contribution is -2.48. The Bertz CT molecular complexity index is 386. The average molecular weight is 264 g/mol. The highest BCUT2D eigenvalue weighted by molar-refractivity contribution is 5.15. The van der Waals surface area contributed by atoms with Gasteiger partial charge in [-0.3, -0.25) is 4.90 Å². The summed E-state index contributed by atoms with van der Waals surface area (Å²) < 4.78 is 12.9. The molecule has 1 saturated heterocycles. The van der Waals surface area contributed by atoms with E-state index in [1.165, 1.54) is 5.56 Å². The fourth-order valence-corrected chi connectivity index (χ4v) is 2.62. The summed E-state index contributed by atoms with van der Waals surface area (Å²) in [5.74, 6) is -0.154. The second-order valence-corrected chi connectivity index (χ2v) is 6.74. The molecule has 0 bridgehead atoms. The summed E-state index contributed by atoms with van der Waals surface area (Å²) in [6.45, 7) is 13.5. The average Bonchev–Trinajstić information content (AvgIpc) is 2.33. The Morgan fingerprint density at radius 1 is 0.947 bits per heavy atom. The minimum absolute atomic E-state index is 0.154. The second-order valence-electron chi connectivity index (χ2n) is 6.74. The van der Waals surface area contributed by atoms with Crippen LogP contribution in [-0.4, -0.2) is 42.5 Å². The van der Waals surface area contributed by atoms with Gasteiger partial charge in [0.25, 0.3) is 0 Å². The number of halogens is 1. The van der Waals surface area contributed by atoms with E-state index in [2.05, 4.69) is 30.6 Å². The molecule has 0 N–H and O–H groups in total. The van der Waals surface area contributed by atoms with Crippen molar-refractivity contribution in [3.05, 3.63) is 35.6 Å². The van der Waals surface area contributed by atoms with E-state index in [0.717, 1.165) is 39.3 Å². The summed E-state index contributed by atoms with van der Waals surface area (Å²) in [4.78, 5) is 4.99. The highest BCUT2D eigenvalue weighted by Gasteiger charge is 2.21. The monoisotopic (exact) mass is 264 g/mol. The fraction of sp³-hybridized carbons (Fsp3) is 0.625. The number of nitrogens with zero attached hydrogens (tertiary/aromatic N) is 2. The Balaban J connectivity index is 1.79. The van der Waals surface area contributed by atoms with Gasteiger partial charge in [-0.05, 0) is 23.1 Å². The molecule has 2 nitrogen and oxygen atoms in total. The Hall–Kier alpha value is -0.930. The summed E-state index contributed by atoms with van der Waals surface area (Å²) in [5, 5.41) is 0. The molecular formula is C16H25FN2. The van der Waals surface area contributed by atoms with Crippen molar-refractivity contribution in [3.63, 3.8) is 0 Å². The van der Waals surface area contributed by atoms with E-state index in [9.17, 15) is 4.39 Å². The van der Waals surface area contributed by atoms with Gasteiger partial charge in [-0.15, -0.1) is 0 Å². The summed E-state index contributed by atoms with van der Waals surface area (Å²) in [7, 11) is 0. The van der Waals surface area contributed by atoms with Gasteiger partial charge in [-0.2, -0.15) is 0 Å². The van der Waals surface area contributed by atoms with Crippen LogP contribution in [0.3, 0.4) is 0 Å². The first kappa shape index (κ1) is 14.5. The lowest BCUT2D eigenvalue weighted by atomic mass is 9.96. The molecule has 1 aliphatic rings. The highest BCUT2D eigenvalue weighted by atomic mass is 19.1. The van der Waals surface area contributed by atoms with Crippen LogP contribution in [0, 0.1) is 11.2 Å². The number of piperazine rings is 1. The molecule has 1 aliphatic heterocycles. The summed E-state index contributed by atoms with van der Waals surface area (Å²) in [6.07, 6.45) is 0. The predicted molar refractivity (Wildman–Crippen MR) is 77.6 cm³/mol. The highest BCUT2D eigenvalue weighted by Crippen LogP contribution is 2.17. The first-order valence-corrected chi connectivity index (χ1v) is 7.11. The lowest BCUT2D eigenvalue weighted by Gasteiger charge is -2.37. The third-order valence-corrected chi connectivity index (χ3v) is 3.48. The smallest absolute Gasteiger partial charge is 0.123 e. The first-order valence-electron chi connectivity index (χ1n) is 7.11. The number of benzene rings is 1. The van der Waals surface area contributed by atoms with Gasteiger partial charge < -0.3 is 4.90 Å². The molecule has 0 radical (unpaired) electrons. The zero-order valence-electron chi connectivity index (χ0n) is 12.3. The second kappa shape index (κ2) is 6.02. The summed E-state index contributed by atoms with van der Waals surface area (Å²) >= 11 is 0. The maximum absolute atomic E-state index is 12.9. The zero-order chi connectivity index (χ0) is 13.9. The third-order valence-electron chi connectivity index (χ3n) is 3.48. The largest absolute Gasteiger partial charge is 0.300 e. The number of hydrogen-bond acceptors (Lipinski definition) is 2. The van der Waals surface area contributed by atoms with Crippen LogP contribution in [0.4, 0.5) is 4.39 Å². The Morgan fingerprint density at radius 2 is 1.47 bits per heavy atom. The van der Waals surface area contributed by atoms with Crippen LogP contribution in [0.15, 0.2) is 24.3 Å². The van der Waals surface area contributed by atoms with Crippen LogP contribution < -0.4 is 0 Å². The van der Waals surface area contributed by atoms with Gasteiger partial charge in [0.1, 0.15) is 5.82 Å². The quantitative estimate of drug-likeness (QED) is 0.828. The van der Waals surface area contributed by atoms with E-state index in [0.29, 0.717) is 5.41 Å². The Labute approximate surface area is 116 Å². The van der Waals surface area contributed by atoms with E-state index < -0.39 is 0 Å². The van der Waals surface area contributed by atoms with Crippen LogP contribution in [0.2, 0.25) is 0 Å². The van der Waals surface area contributed by atoms with Crippen molar-refractivity contribution in [2.24, 2.45) is 5.41 Å². The van der Waals surface area contributed by atoms with Crippen LogP contribution in [0.5, 0.6) is 0 Å². The predicted octanol–water partition coefficient (Wildman–Crippen LogP) is 2.99. The van der Waals surface area contributed by atoms with Gasteiger partial charge in [0.15, 0.2) is 0 Å². The van der Waals surface area contributed by atoms with E-state index in [1.54, 1.807) is 12.1 Å². The molecule has 106 valence electrons. The molecule has 0 spiro atoms. The molecule has 19 heavy (non-hydrogen) atoms. The normalized spacial score (nSPS) is 18.7. The molecule has 0 aliphatic carbocycles. The topological polar surface area (TPSA) is 6.48 Å². The van der Waals surface area contributed by atoms with Crippen molar-refractivity contribution in [1.29, 1.82) is 0 Å². The van der Waals surface area contributed by atoms with Crippen molar-refractivity contribution >= 4 is 0 Å². The molecule has 1 fully saturated rings. The van der Waals surface area contributed by atoms with E-state index in [1.807, 2.05) is 12.1 Å². The molecule has 1 heterocycles. The van der Waals surface area contributed by atoms with Crippen LogP contribution in [-0.2, 0) is 6.54 Å². The standard InChI is InChI=1S/C16H25FN2/c1-16(2,3)13-19-10-8-18(9-11-19)12-14-4-6-15(17)7-5-14/h4-7H,8-13H2,1-3H3. The Morgan fingerprint density at radius 3 is 2.00 bits per heavy atom. The van der Waals surface area contributed by atoms with Crippen molar-refractivity contribution in [3.8, 4) is 0 Å². The molecule has 1 aromatic carbocycles. The van der Waals surface area contributed by atoms with Crippen molar-refractivity contribution in [2.75, 3.05) is 32.7 Å². The molecule has 0 unspecified atom stereocenters. The zero-order valence-corrected chi connectivity index (χ0v) is 12.3. The SMILES string of the molecule is CC(C)(C)CN1CCN(Cc2ccc(F)cc2)CC1. The molecule has 1 aromatic rings. The number of rotatable bonds is 3. The molecule has 2 rings (SSSR count). The van der Waals surface area contributed by atoms with Crippen molar-refractivity contribution in [2.45, 2.75) is 27.3 Å². The maximum atomic E-state index is 12.9. The van der Waals surface area contributed by atoms with E-state index in [4.69, 9.17) is 0 Å². The molecule has 0 aromatic heterocycles. The van der Waals surface area contributed by atoms with Crippen LogP contribution in [0.25, 0.3) is 0 Å². The van der Waals surface area contributed by atoms with Gasteiger partial charge in [-0.25, -0.2) is 4.39 Å². The molecule has 0 amide bonds. The van der Waals surface area contributed by atoms with E-state index in [-0.39, 0.29) is 5.82 Å². The molecule has 0 saturated carbocycles. The van der Waals surface area contributed by atoms with Gasteiger partial charge in [0, 0.05) is 39.3 Å². The van der Waals surface area contributed by atoms with Crippen molar-refractivity contribution < 1.29 is 4.39 Å².